The molecule has 0 fully saturated rings. The second-order valence-electron chi connectivity index (χ2n) is 17.3. The molecule has 0 atom stereocenters. The highest BCUT2D eigenvalue weighted by Gasteiger charge is 2.28. The number of benzene rings is 9. The van der Waals surface area contributed by atoms with Crippen molar-refractivity contribution in [1.82, 2.24) is 0 Å². The lowest BCUT2D eigenvalue weighted by Crippen LogP contribution is -2.15. The molecule has 0 heterocycles. The number of hydrogen-bond acceptors (Lipinski definition) is 1. The van der Waals surface area contributed by atoms with Crippen molar-refractivity contribution in [3.63, 3.8) is 0 Å². The Bertz CT molecular complexity index is 2850. The zero-order valence-electron chi connectivity index (χ0n) is 35.8. The lowest BCUT2D eigenvalue weighted by atomic mass is 9.73. The molecule has 1 heteroatoms. The molecule has 0 saturated heterocycles. The maximum atomic E-state index is 2.40. The molecule has 0 radical (unpaired) electrons. The van der Waals surface area contributed by atoms with Gasteiger partial charge in [-0.25, -0.2) is 0 Å². The Balaban J connectivity index is 0.870. The molecule has 304 valence electrons. The number of anilines is 3. The van der Waals surface area contributed by atoms with Gasteiger partial charge in [-0.2, -0.15) is 0 Å². The van der Waals surface area contributed by atoms with Crippen LogP contribution >= 0.6 is 0 Å². The van der Waals surface area contributed by atoms with Crippen molar-refractivity contribution in [1.29, 1.82) is 0 Å². The molecule has 1 nitrogen and oxygen atoms in total. The van der Waals surface area contributed by atoms with Crippen molar-refractivity contribution in [3.05, 3.63) is 235 Å². The summed E-state index contributed by atoms with van der Waals surface area (Å²) in [6, 6.07) is 77.9. The lowest BCUT2D eigenvalue weighted by molar-refractivity contribution is 0.662. The van der Waals surface area contributed by atoms with Gasteiger partial charge in [-0.15, -0.1) is 0 Å². The van der Waals surface area contributed by atoms with Crippen LogP contribution in [0.25, 0.3) is 66.8 Å². The van der Waals surface area contributed by atoms with Crippen LogP contribution in [0, 0.1) is 0 Å². The van der Waals surface area contributed by atoms with Gasteiger partial charge in [0, 0.05) is 17.1 Å². The first kappa shape index (κ1) is 38.7. The molecule has 9 aromatic rings. The number of nitrogens with zero attached hydrogens (tertiary/aromatic N) is 1. The second kappa shape index (κ2) is 17.3. The Kier molecular flexibility index (Phi) is 10.6. The summed E-state index contributed by atoms with van der Waals surface area (Å²) in [5, 5.41) is 0. The maximum absolute atomic E-state index is 2.40. The lowest BCUT2D eigenvalue weighted by Gasteiger charge is -2.32. The molecule has 0 amide bonds. The number of rotatable bonds is 9. The summed E-state index contributed by atoms with van der Waals surface area (Å²) in [4.78, 5) is 2.35. The summed E-state index contributed by atoms with van der Waals surface area (Å²) >= 11 is 0. The van der Waals surface area contributed by atoms with E-state index in [1.54, 1.807) is 33.4 Å². The third kappa shape index (κ3) is 7.70. The number of fused-ring (bicyclic) bond motifs is 2. The molecule has 9 aromatic carbocycles. The van der Waals surface area contributed by atoms with Gasteiger partial charge in [0.1, 0.15) is 0 Å². The Morgan fingerprint density at radius 2 is 0.413 bits per heavy atom. The van der Waals surface area contributed by atoms with Crippen LogP contribution in [0.4, 0.5) is 17.1 Å². The average molecular weight is 810 g/mol. The zero-order valence-corrected chi connectivity index (χ0v) is 35.8. The Labute approximate surface area is 373 Å². The van der Waals surface area contributed by atoms with E-state index in [-0.39, 0.29) is 0 Å². The minimum absolute atomic E-state index is 1.12. The summed E-state index contributed by atoms with van der Waals surface area (Å²) in [5.41, 5.74) is 25.5. The Hall–Kier alpha value is -7.22. The molecule has 0 unspecified atom stereocenters. The molecule has 0 spiro atoms. The molecular weight excluding hydrogens is 759 g/mol. The van der Waals surface area contributed by atoms with E-state index in [9.17, 15) is 0 Å². The van der Waals surface area contributed by atoms with Crippen LogP contribution in [0.3, 0.4) is 0 Å². The largest absolute Gasteiger partial charge is 0.311 e. The standard InChI is InChI=1S/C62H51N/c1-4-14-44(15-5-1)49-32-38-54(39-33-49)63(55-40-34-50(35-41-55)45-16-6-2-7-17-45)56-42-36-51(37-43-56)47-26-24-46(25-27-47)48-28-30-53(31-29-48)62-59-22-12-10-20-57(59)61(52-18-8-3-9-19-52)58-21-11-13-23-60(58)62/h1-9,14-19,24-43H,10-13,20-23H2. The molecule has 11 rings (SSSR count). The monoisotopic (exact) mass is 809 g/mol. The van der Waals surface area contributed by atoms with Gasteiger partial charge in [-0.05, 0) is 177 Å². The van der Waals surface area contributed by atoms with E-state index in [2.05, 4.69) is 217 Å². The van der Waals surface area contributed by atoms with Gasteiger partial charge in [-0.3, -0.25) is 0 Å². The molecule has 0 aromatic heterocycles. The molecule has 0 saturated carbocycles. The van der Waals surface area contributed by atoms with Crippen LogP contribution in [0.15, 0.2) is 212 Å². The predicted octanol–water partition coefficient (Wildman–Crippen LogP) is 16.9. The first-order valence-corrected chi connectivity index (χ1v) is 22.9. The fourth-order valence-corrected chi connectivity index (χ4v) is 10.4. The zero-order chi connectivity index (χ0) is 42.0. The fourth-order valence-electron chi connectivity index (χ4n) is 10.4. The van der Waals surface area contributed by atoms with E-state index in [1.807, 2.05) is 0 Å². The second-order valence-corrected chi connectivity index (χ2v) is 17.3. The average Bonchev–Trinajstić information content (AvgIpc) is 3.37. The van der Waals surface area contributed by atoms with E-state index in [4.69, 9.17) is 0 Å². The topological polar surface area (TPSA) is 3.24 Å². The predicted molar refractivity (Wildman–Crippen MR) is 267 cm³/mol. The first-order chi connectivity index (χ1) is 31.2. The summed E-state index contributed by atoms with van der Waals surface area (Å²) < 4.78 is 0. The van der Waals surface area contributed by atoms with Crippen LogP contribution in [0.1, 0.15) is 47.9 Å². The molecule has 0 bridgehead atoms. The molecule has 0 N–H and O–H groups in total. The molecule has 2 aliphatic carbocycles. The summed E-state index contributed by atoms with van der Waals surface area (Å²) in [7, 11) is 0. The van der Waals surface area contributed by atoms with Crippen LogP contribution < -0.4 is 4.90 Å². The minimum atomic E-state index is 1.12. The van der Waals surface area contributed by atoms with Crippen LogP contribution in [-0.4, -0.2) is 0 Å². The minimum Gasteiger partial charge on any atom is -0.311 e. The third-order valence-corrected chi connectivity index (χ3v) is 13.5. The molecule has 0 aliphatic heterocycles. The van der Waals surface area contributed by atoms with E-state index >= 15 is 0 Å². The summed E-state index contributed by atoms with van der Waals surface area (Å²) in [6.45, 7) is 0. The van der Waals surface area contributed by atoms with Crippen molar-refractivity contribution in [3.8, 4) is 66.8 Å². The highest BCUT2D eigenvalue weighted by atomic mass is 15.1. The molecule has 63 heavy (non-hydrogen) atoms. The number of hydrogen-bond donors (Lipinski definition) is 0. The van der Waals surface area contributed by atoms with E-state index in [0.717, 1.165) is 17.1 Å². The van der Waals surface area contributed by atoms with Gasteiger partial charge in [0.2, 0.25) is 0 Å². The highest BCUT2D eigenvalue weighted by molar-refractivity contribution is 5.86. The van der Waals surface area contributed by atoms with E-state index in [1.165, 1.54) is 107 Å². The first-order valence-electron chi connectivity index (χ1n) is 22.9. The van der Waals surface area contributed by atoms with Gasteiger partial charge in [0.25, 0.3) is 0 Å². The Morgan fingerprint density at radius 3 is 0.698 bits per heavy atom. The van der Waals surface area contributed by atoms with Gasteiger partial charge < -0.3 is 4.90 Å². The van der Waals surface area contributed by atoms with Gasteiger partial charge in [0.05, 0.1) is 0 Å². The highest BCUT2D eigenvalue weighted by Crippen LogP contribution is 2.46. The summed E-state index contributed by atoms with van der Waals surface area (Å²) in [6.07, 6.45) is 9.89. The molecule has 2 aliphatic rings. The van der Waals surface area contributed by atoms with E-state index in [0.29, 0.717) is 0 Å². The normalized spacial score (nSPS) is 13.2. The van der Waals surface area contributed by atoms with Crippen LogP contribution in [-0.2, 0) is 25.7 Å². The Morgan fingerprint density at radius 1 is 0.206 bits per heavy atom. The SMILES string of the molecule is c1ccc(-c2ccc(N(c3ccc(-c4ccccc4)cc3)c3ccc(-c4ccc(-c5ccc(-c6c7c(c(-c8ccccc8)c8c6CCCC8)CCCC7)cc5)cc4)cc3)cc2)cc1. The third-order valence-electron chi connectivity index (χ3n) is 13.5. The fraction of sp³-hybridized carbons (Fsp3) is 0.129. The van der Waals surface area contributed by atoms with Crippen molar-refractivity contribution >= 4 is 17.1 Å². The summed E-state index contributed by atoms with van der Waals surface area (Å²) in [5.74, 6) is 0. The van der Waals surface area contributed by atoms with Gasteiger partial charge in [0.15, 0.2) is 0 Å². The van der Waals surface area contributed by atoms with E-state index < -0.39 is 0 Å². The van der Waals surface area contributed by atoms with Crippen LogP contribution in [0.2, 0.25) is 0 Å². The van der Waals surface area contributed by atoms with Crippen molar-refractivity contribution in [2.45, 2.75) is 51.4 Å². The molecular formula is C62H51N. The quantitative estimate of drug-likeness (QED) is 0.140. The van der Waals surface area contributed by atoms with Crippen molar-refractivity contribution in [2.75, 3.05) is 4.90 Å². The van der Waals surface area contributed by atoms with Gasteiger partial charge in [-0.1, -0.05) is 176 Å². The van der Waals surface area contributed by atoms with Crippen LogP contribution in [0.5, 0.6) is 0 Å². The van der Waals surface area contributed by atoms with Crippen molar-refractivity contribution in [2.24, 2.45) is 0 Å². The van der Waals surface area contributed by atoms with Crippen molar-refractivity contribution < 1.29 is 0 Å². The van der Waals surface area contributed by atoms with Gasteiger partial charge >= 0.3 is 0 Å². The maximum Gasteiger partial charge on any atom is 0.0462 e. The smallest absolute Gasteiger partial charge is 0.0462 e.